The van der Waals surface area contributed by atoms with E-state index in [-0.39, 0.29) is 16.9 Å². The molecule has 0 amide bonds. The van der Waals surface area contributed by atoms with E-state index in [1.165, 1.54) is 30.4 Å². The molecule has 0 aliphatic heterocycles. The molecule has 3 aromatic carbocycles. The van der Waals surface area contributed by atoms with Gasteiger partial charge in [-0.15, -0.1) is 0 Å². The third-order valence-electron chi connectivity index (χ3n) is 6.39. The van der Waals surface area contributed by atoms with Gasteiger partial charge in [-0.2, -0.15) is 0 Å². The monoisotopic (exact) mass is 450 g/mol. The Balaban J connectivity index is 1.49. The molecular formula is C29H26F4. The number of hydrogen-bond donors (Lipinski definition) is 0. The maximum atomic E-state index is 15.1. The second kappa shape index (κ2) is 10.3. The van der Waals surface area contributed by atoms with Gasteiger partial charge in [-0.25, -0.2) is 17.6 Å². The average Bonchev–Trinajstić information content (AvgIpc) is 2.82. The molecular weight excluding hydrogens is 424 g/mol. The maximum absolute atomic E-state index is 15.1. The predicted octanol–water partition coefficient (Wildman–Crippen LogP) is 7.65. The molecule has 0 heterocycles. The Morgan fingerprint density at radius 3 is 2.27 bits per heavy atom. The minimum atomic E-state index is -1.54. The Hall–Kier alpha value is -3.06. The first-order valence-electron chi connectivity index (χ1n) is 11.5. The van der Waals surface area contributed by atoms with Crippen molar-refractivity contribution >= 4 is 0 Å². The summed E-state index contributed by atoms with van der Waals surface area (Å²) in [5.74, 6) is 0.981. The molecule has 4 heteroatoms. The van der Waals surface area contributed by atoms with Crippen LogP contribution in [0.2, 0.25) is 0 Å². The molecule has 170 valence electrons. The van der Waals surface area contributed by atoms with Gasteiger partial charge in [0.05, 0.1) is 5.56 Å². The Morgan fingerprint density at radius 2 is 1.58 bits per heavy atom. The van der Waals surface area contributed by atoms with Crippen molar-refractivity contribution in [2.75, 3.05) is 0 Å². The van der Waals surface area contributed by atoms with Crippen LogP contribution in [-0.2, 0) is 19.3 Å². The third-order valence-corrected chi connectivity index (χ3v) is 6.39. The molecule has 4 rings (SSSR count). The van der Waals surface area contributed by atoms with E-state index in [9.17, 15) is 13.2 Å². The molecule has 0 aromatic heterocycles. The van der Waals surface area contributed by atoms with Gasteiger partial charge in [0.2, 0.25) is 0 Å². The minimum absolute atomic E-state index is 0.0401. The molecule has 0 fully saturated rings. The van der Waals surface area contributed by atoms with E-state index in [2.05, 4.69) is 43.0 Å². The fourth-order valence-electron chi connectivity index (χ4n) is 4.49. The molecule has 33 heavy (non-hydrogen) atoms. The van der Waals surface area contributed by atoms with Gasteiger partial charge in [-0.1, -0.05) is 61.9 Å². The number of fused-ring (bicyclic) bond motifs is 1. The first-order chi connectivity index (χ1) is 16.0. The van der Waals surface area contributed by atoms with Crippen molar-refractivity contribution in [2.45, 2.75) is 57.8 Å². The summed E-state index contributed by atoms with van der Waals surface area (Å²) in [5, 5.41) is 0. The molecule has 0 N–H and O–H groups in total. The molecule has 1 aliphatic rings. The van der Waals surface area contributed by atoms with Crippen molar-refractivity contribution in [2.24, 2.45) is 0 Å². The van der Waals surface area contributed by atoms with E-state index < -0.39 is 17.5 Å². The van der Waals surface area contributed by atoms with E-state index in [1.807, 2.05) is 6.07 Å². The highest BCUT2D eigenvalue weighted by Gasteiger charge is 2.23. The summed E-state index contributed by atoms with van der Waals surface area (Å²) in [6.45, 7) is 2.20. The van der Waals surface area contributed by atoms with Crippen molar-refractivity contribution in [3.63, 3.8) is 0 Å². The van der Waals surface area contributed by atoms with Gasteiger partial charge < -0.3 is 0 Å². The zero-order chi connectivity index (χ0) is 23.4. The normalized spacial score (nSPS) is 15.0. The molecule has 0 spiro atoms. The first kappa shape index (κ1) is 23.1. The fraction of sp³-hybridized carbons (Fsp3) is 0.310. The summed E-state index contributed by atoms with van der Waals surface area (Å²) in [6, 6.07) is 13.9. The summed E-state index contributed by atoms with van der Waals surface area (Å²) >= 11 is 0. The van der Waals surface area contributed by atoms with Gasteiger partial charge in [0.25, 0.3) is 0 Å². The van der Waals surface area contributed by atoms with Gasteiger partial charge in [0.1, 0.15) is 5.82 Å². The second-order valence-electron chi connectivity index (χ2n) is 8.71. The largest absolute Gasteiger partial charge is 0.205 e. The number of halogens is 4. The van der Waals surface area contributed by atoms with Crippen molar-refractivity contribution in [1.29, 1.82) is 0 Å². The minimum Gasteiger partial charge on any atom is -0.205 e. The van der Waals surface area contributed by atoms with Crippen LogP contribution in [0.3, 0.4) is 0 Å². The highest BCUT2D eigenvalue weighted by Crippen LogP contribution is 2.35. The Labute approximate surface area is 192 Å². The van der Waals surface area contributed by atoms with Crippen LogP contribution in [0.1, 0.15) is 71.9 Å². The number of aryl methyl sites for hydroxylation is 1. The van der Waals surface area contributed by atoms with Crippen LogP contribution in [0.25, 0.3) is 0 Å². The number of hydrogen-bond acceptors (Lipinski definition) is 0. The van der Waals surface area contributed by atoms with E-state index >= 15 is 4.39 Å². The third kappa shape index (κ3) is 5.30. The highest BCUT2D eigenvalue weighted by molar-refractivity contribution is 5.48. The van der Waals surface area contributed by atoms with Gasteiger partial charge >= 0.3 is 0 Å². The molecule has 1 aliphatic carbocycles. The van der Waals surface area contributed by atoms with Crippen LogP contribution in [-0.4, -0.2) is 0 Å². The van der Waals surface area contributed by atoms with Gasteiger partial charge in [0.15, 0.2) is 17.5 Å². The number of rotatable bonds is 5. The Bertz CT molecular complexity index is 1180. The molecule has 0 saturated heterocycles. The number of benzene rings is 3. The maximum Gasteiger partial charge on any atom is 0.194 e. The molecule has 3 aromatic rings. The van der Waals surface area contributed by atoms with Crippen LogP contribution in [0, 0.1) is 35.1 Å². The van der Waals surface area contributed by atoms with Crippen LogP contribution < -0.4 is 0 Å². The van der Waals surface area contributed by atoms with Crippen LogP contribution in [0.5, 0.6) is 0 Å². The van der Waals surface area contributed by atoms with Crippen molar-refractivity contribution in [1.82, 2.24) is 0 Å². The van der Waals surface area contributed by atoms with E-state index in [0.717, 1.165) is 37.0 Å². The highest BCUT2D eigenvalue weighted by atomic mass is 19.2. The lowest BCUT2D eigenvalue weighted by Gasteiger charge is -2.26. The lowest BCUT2D eigenvalue weighted by Crippen LogP contribution is -2.15. The smallest absolute Gasteiger partial charge is 0.194 e. The summed E-state index contributed by atoms with van der Waals surface area (Å²) in [4.78, 5) is 0. The molecule has 0 saturated carbocycles. The van der Waals surface area contributed by atoms with Gasteiger partial charge in [-0.05, 0) is 78.5 Å². The predicted molar refractivity (Wildman–Crippen MR) is 123 cm³/mol. The molecule has 1 unspecified atom stereocenters. The average molecular weight is 451 g/mol. The van der Waals surface area contributed by atoms with Crippen LogP contribution in [0.4, 0.5) is 17.6 Å². The lowest BCUT2D eigenvalue weighted by molar-refractivity contribution is 0.446. The van der Waals surface area contributed by atoms with Crippen molar-refractivity contribution < 1.29 is 17.6 Å². The summed E-state index contributed by atoms with van der Waals surface area (Å²) in [7, 11) is 0. The summed E-state index contributed by atoms with van der Waals surface area (Å²) < 4.78 is 55.0. The standard InChI is InChI=1S/C29H26F4/c1-2-3-4-5-19-6-9-21(10-7-19)23-14-15-25-24(18-23)13-12-22(28(25)32)11-8-20-16-26(30)29(33)27(31)17-20/h6-7,9-10,12-13,16-17,23H,2-5,14-15,18H2,1H3. The van der Waals surface area contributed by atoms with E-state index in [0.29, 0.717) is 17.9 Å². The van der Waals surface area contributed by atoms with Gasteiger partial charge in [0, 0.05) is 5.56 Å². The quantitative estimate of drug-likeness (QED) is 0.162. The SMILES string of the molecule is CCCCCc1ccc(C2CCc3c(ccc(C#Cc4cc(F)c(F)c(F)c4)c3F)C2)cc1. The van der Waals surface area contributed by atoms with Crippen molar-refractivity contribution in [3.8, 4) is 11.8 Å². The Kier molecular flexibility index (Phi) is 7.18. The second-order valence-corrected chi connectivity index (χ2v) is 8.71. The van der Waals surface area contributed by atoms with E-state index in [1.54, 1.807) is 6.07 Å². The lowest BCUT2D eigenvalue weighted by atomic mass is 9.79. The van der Waals surface area contributed by atoms with E-state index in [4.69, 9.17) is 0 Å². The molecule has 0 bridgehead atoms. The zero-order valence-corrected chi connectivity index (χ0v) is 18.7. The molecule has 1 atom stereocenters. The summed E-state index contributed by atoms with van der Waals surface area (Å²) in [5.41, 5.74) is 4.41. The van der Waals surface area contributed by atoms with Crippen molar-refractivity contribution in [3.05, 3.63) is 105 Å². The van der Waals surface area contributed by atoms with Gasteiger partial charge in [-0.3, -0.25) is 0 Å². The molecule has 0 nitrogen and oxygen atoms in total. The summed E-state index contributed by atoms with van der Waals surface area (Å²) in [6.07, 6.45) is 7.01. The first-order valence-corrected chi connectivity index (χ1v) is 11.5. The number of unbranched alkanes of at least 4 members (excludes halogenated alkanes) is 2. The Morgan fingerprint density at radius 1 is 0.848 bits per heavy atom. The van der Waals surface area contributed by atoms with Crippen LogP contribution >= 0.6 is 0 Å². The fourth-order valence-corrected chi connectivity index (χ4v) is 4.49. The zero-order valence-electron chi connectivity index (χ0n) is 18.7. The molecule has 0 radical (unpaired) electrons. The van der Waals surface area contributed by atoms with Crippen LogP contribution in [0.15, 0.2) is 48.5 Å². The topological polar surface area (TPSA) is 0 Å².